The minimum Gasteiger partial charge on any atom is -0.393 e. The average Bonchev–Trinajstić information content (AvgIpc) is 2.90. The molecule has 4 atom stereocenters. The second-order valence-corrected chi connectivity index (χ2v) is 9.24. The number of nitrogens with one attached hydrogen (secondary N) is 1. The van der Waals surface area contributed by atoms with Crippen LogP contribution >= 0.6 is 0 Å². The Morgan fingerprint density at radius 3 is 2.33 bits per heavy atom. The Morgan fingerprint density at radius 1 is 1.11 bits per heavy atom. The molecule has 2 N–H and O–H groups in total. The Morgan fingerprint density at radius 2 is 1.74 bits per heavy atom. The molecule has 0 bridgehead atoms. The molecule has 2 unspecified atom stereocenters. The number of H-pyrrole nitrogens is 1. The molecule has 4 fully saturated rings. The van der Waals surface area contributed by atoms with Gasteiger partial charge in [-0.05, 0) is 55.3 Å². The van der Waals surface area contributed by atoms with E-state index in [0.29, 0.717) is 53.8 Å². The summed E-state index contributed by atoms with van der Waals surface area (Å²) >= 11 is 0. The Labute approximate surface area is 156 Å². The van der Waals surface area contributed by atoms with Crippen molar-refractivity contribution in [2.45, 2.75) is 64.1 Å². The number of fused-ring (bicyclic) bond motifs is 1. The summed E-state index contributed by atoms with van der Waals surface area (Å²) in [4.78, 5) is 34.1. The first-order chi connectivity index (χ1) is 13.0. The van der Waals surface area contributed by atoms with Crippen LogP contribution in [0.1, 0.15) is 45.4 Å². The van der Waals surface area contributed by atoms with Crippen molar-refractivity contribution in [2.75, 3.05) is 0 Å². The molecule has 0 saturated heterocycles. The third-order valence-electron chi connectivity index (χ3n) is 8.06. The van der Waals surface area contributed by atoms with E-state index in [0.717, 1.165) is 31.5 Å². The number of nitrogens with zero attached hydrogens (tertiary/aromatic N) is 3. The van der Waals surface area contributed by atoms with E-state index in [-0.39, 0.29) is 22.8 Å². The van der Waals surface area contributed by atoms with Crippen LogP contribution in [0.5, 0.6) is 0 Å². The zero-order valence-corrected chi connectivity index (χ0v) is 15.8. The molecule has 7 nitrogen and oxygen atoms in total. The number of aryl methyl sites for hydroxylation is 1. The van der Waals surface area contributed by atoms with E-state index in [1.54, 1.807) is 4.57 Å². The predicted octanol–water partition coefficient (Wildman–Crippen LogP) is 1.22. The lowest BCUT2D eigenvalue weighted by atomic mass is 9.74. The predicted molar refractivity (Wildman–Crippen MR) is 99.6 cm³/mol. The first-order valence-electron chi connectivity index (χ1n) is 10.5. The summed E-state index contributed by atoms with van der Waals surface area (Å²) < 4.78 is 3.02. The van der Waals surface area contributed by atoms with E-state index in [2.05, 4.69) is 4.98 Å². The van der Waals surface area contributed by atoms with Crippen molar-refractivity contribution in [3.8, 4) is 0 Å². The van der Waals surface area contributed by atoms with E-state index < -0.39 is 0 Å². The summed E-state index contributed by atoms with van der Waals surface area (Å²) in [5.41, 5.74) is 0.486. The summed E-state index contributed by atoms with van der Waals surface area (Å²) in [6.45, 7) is 5.00. The van der Waals surface area contributed by atoms with Gasteiger partial charge in [-0.1, -0.05) is 13.8 Å². The highest BCUT2D eigenvalue weighted by atomic mass is 16.3. The van der Waals surface area contributed by atoms with Gasteiger partial charge >= 0.3 is 5.69 Å². The number of hydrogen-bond donors (Lipinski definition) is 2. The van der Waals surface area contributed by atoms with Gasteiger partial charge in [-0.2, -0.15) is 0 Å². The smallest absolute Gasteiger partial charge is 0.332 e. The van der Waals surface area contributed by atoms with Gasteiger partial charge in [-0.15, -0.1) is 0 Å². The van der Waals surface area contributed by atoms with E-state index >= 15 is 0 Å². The van der Waals surface area contributed by atoms with Gasteiger partial charge in [-0.3, -0.25) is 13.9 Å². The molecule has 2 heterocycles. The van der Waals surface area contributed by atoms with E-state index in [9.17, 15) is 14.7 Å². The molecule has 0 aromatic carbocycles. The van der Waals surface area contributed by atoms with Gasteiger partial charge in [0.25, 0.3) is 5.56 Å². The Hall–Kier alpha value is -1.89. The topological polar surface area (TPSA) is 92.9 Å². The molecule has 4 aliphatic carbocycles. The fourth-order valence-electron chi connectivity index (χ4n) is 7.28. The molecule has 0 aliphatic heterocycles. The lowest BCUT2D eigenvalue weighted by Crippen LogP contribution is -2.40. The minimum atomic E-state index is -0.246. The van der Waals surface area contributed by atoms with Crippen LogP contribution in [0, 0.1) is 29.6 Å². The Bertz CT molecular complexity index is 1060. The van der Waals surface area contributed by atoms with E-state index in [1.807, 2.05) is 13.8 Å². The third-order valence-corrected chi connectivity index (χ3v) is 8.06. The van der Waals surface area contributed by atoms with Crippen LogP contribution < -0.4 is 11.2 Å². The van der Waals surface area contributed by atoms with E-state index in [1.165, 1.54) is 4.57 Å². The van der Waals surface area contributed by atoms with Crippen molar-refractivity contribution in [3.05, 3.63) is 26.7 Å². The lowest BCUT2D eigenvalue weighted by Gasteiger charge is -2.33. The molecule has 144 valence electrons. The average molecular weight is 370 g/mol. The van der Waals surface area contributed by atoms with Gasteiger partial charge in [0.1, 0.15) is 11.3 Å². The fourth-order valence-corrected chi connectivity index (χ4v) is 7.28. The maximum atomic E-state index is 13.0. The number of hydrogen-bond acceptors (Lipinski definition) is 4. The molecule has 2 aromatic rings. The largest absolute Gasteiger partial charge is 0.393 e. The lowest BCUT2D eigenvalue weighted by molar-refractivity contribution is 0.0496. The van der Waals surface area contributed by atoms with Crippen LogP contribution in [-0.2, 0) is 18.5 Å². The van der Waals surface area contributed by atoms with Crippen molar-refractivity contribution in [2.24, 2.45) is 29.6 Å². The summed E-state index contributed by atoms with van der Waals surface area (Å²) in [5, 5.41) is 10.5. The quantitative estimate of drug-likeness (QED) is 0.828. The third kappa shape index (κ3) is 1.67. The number of rotatable bonds is 5. The molecule has 2 aromatic heterocycles. The maximum absolute atomic E-state index is 13.0. The van der Waals surface area contributed by atoms with Gasteiger partial charge in [0, 0.05) is 18.5 Å². The normalized spacial score (nSPS) is 40.4. The molecular formula is C20H26N4O3. The Balaban J connectivity index is 1.55. The number of imidazole rings is 1. The number of aliphatic hydroxyl groups is 1. The summed E-state index contributed by atoms with van der Waals surface area (Å²) in [5.74, 6) is 3.62. The first-order valence-corrected chi connectivity index (χ1v) is 10.5. The van der Waals surface area contributed by atoms with Crippen molar-refractivity contribution in [1.82, 2.24) is 19.1 Å². The van der Waals surface area contributed by atoms with Crippen molar-refractivity contribution in [3.63, 3.8) is 0 Å². The van der Waals surface area contributed by atoms with Crippen LogP contribution in [-0.4, -0.2) is 30.3 Å². The van der Waals surface area contributed by atoms with Crippen LogP contribution in [0.25, 0.3) is 11.2 Å². The monoisotopic (exact) mass is 370 g/mol. The molecule has 4 aliphatic rings. The molecule has 6 rings (SSSR count). The second kappa shape index (κ2) is 4.93. The minimum absolute atomic E-state index is 0.0158. The molecular weight excluding hydrogens is 344 g/mol. The van der Waals surface area contributed by atoms with Gasteiger partial charge < -0.3 is 10.1 Å². The van der Waals surface area contributed by atoms with Gasteiger partial charge in [-0.25, -0.2) is 9.78 Å². The van der Waals surface area contributed by atoms with Crippen LogP contribution in [0.2, 0.25) is 0 Å². The van der Waals surface area contributed by atoms with E-state index in [4.69, 9.17) is 4.98 Å². The molecule has 0 amide bonds. The number of aliphatic hydroxyl groups excluding tert-OH is 1. The maximum Gasteiger partial charge on any atom is 0.332 e. The highest BCUT2D eigenvalue weighted by Gasteiger charge is 2.83. The summed E-state index contributed by atoms with van der Waals surface area (Å²) in [6.07, 6.45) is 3.35. The van der Waals surface area contributed by atoms with Crippen LogP contribution in [0.3, 0.4) is 0 Å². The van der Waals surface area contributed by atoms with Crippen molar-refractivity contribution >= 4 is 11.2 Å². The molecule has 4 saturated carbocycles. The Kier molecular flexibility index (Phi) is 2.94. The standard InChI is InChI=1S/C20H26N4O3/c1-3-5-23-16-14(17(26)24(6-4-2)19(23)27)21-18(22-16)20-7-9-11-12(13(11)20)10(8-20)15(9)25/h9-13,15,25H,3-8H2,1-2H3,(H,21,22)/t9?,10?,11-,12-,13?,15?,20?/m1/s1. The fraction of sp³-hybridized carbons (Fsp3) is 0.750. The first kappa shape index (κ1) is 16.1. The number of aromatic amines is 1. The summed E-state index contributed by atoms with van der Waals surface area (Å²) in [6, 6.07) is 0. The van der Waals surface area contributed by atoms with Crippen LogP contribution in [0.4, 0.5) is 0 Å². The van der Waals surface area contributed by atoms with Crippen molar-refractivity contribution < 1.29 is 5.11 Å². The highest BCUT2D eigenvalue weighted by Crippen LogP contribution is 2.84. The number of aromatic nitrogens is 4. The van der Waals surface area contributed by atoms with Crippen LogP contribution in [0.15, 0.2) is 9.59 Å². The summed E-state index contributed by atoms with van der Waals surface area (Å²) in [7, 11) is 0. The van der Waals surface area contributed by atoms with Gasteiger partial charge in [0.15, 0.2) is 5.65 Å². The molecule has 7 heteroatoms. The second-order valence-electron chi connectivity index (χ2n) is 9.24. The van der Waals surface area contributed by atoms with Gasteiger partial charge in [0.2, 0.25) is 0 Å². The zero-order valence-electron chi connectivity index (χ0n) is 15.8. The molecule has 27 heavy (non-hydrogen) atoms. The zero-order chi connectivity index (χ0) is 18.7. The van der Waals surface area contributed by atoms with Crippen molar-refractivity contribution in [1.29, 1.82) is 0 Å². The molecule has 0 spiro atoms. The molecule has 0 radical (unpaired) electrons. The van der Waals surface area contributed by atoms with Gasteiger partial charge in [0.05, 0.1) is 6.10 Å². The highest BCUT2D eigenvalue weighted by molar-refractivity contribution is 5.70. The SMILES string of the molecule is CCCn1c(=O)c2[nH]c(C34CC5C(O)C(C3)[C@H]3C4[C@H]53)nc2n(CCC)c1=O.